The molecule has 2 atom stereocenters. The molecule has 8 heteroatoms. The van der Waals surface area contributed by atoms with Crippen LogP contribution in [0.5, 0.6) is 11.5 Å². The van der Waals surface area contributed by atoms with Gasteiger partial charge < -0.3 is 19.5 Å². The molecule has 154 valence electrons. The summed E-state index contributed by atoms with van der Waals surface area (Å²) in [4.78, 5) is 2.05. The summed E-state index contributed by atoms with van der Waals surface area (Å²) in [5, 5.41) is 10.6. The number of aliphatic hydroxyl groups excluding tert-OH is 1. The number of nitrogens with zero attached hydrogens (tertiary/aromatic N) is 1. The fourth-order valence-electron chi connectivity index (χ4n) is 2.34. The smallest absolute Gasteiger partial charge is 0 e. The Morgan fingerprint density at radius 3 is 1.48 bits per heavy atom. The van der Waals surface area contributed by atoms with Gasteiger partial charge in [0, 0.05) is 30.1 Å². The van der Waals surface area contributed by atoms with Crippen molar-refractivity contribution in [2.45, 2.75) is 19.1 Å². The Hall–Kier alpha value is -2.45. The average molecular weight is 437 g/mol. The molecule has 0 unspecified atom stereocenters. The Bertz CT molecular complexity index is 645. The van der Waals surface area contributed by atoms with Crippen molar-refractivity contribution in [3.8, 4) is 11.5 Å². The summed E-state index contributed by atoms with van der Waals surface area (Å²) < 4.78 is 32.8. The quantitative estimate of drug-likeness (QED) is 0.554. The van der Waals surface area contributed by atoms with Gasteiger partial charge in [-0.15, -0.1) is 0 Å². The minimum Gasteiger partial charge on any atom is 0 e. The zero-order valence-corrected chi connectivity index (χ0v) is 17.9. The van der Waals surface area contributed by atoms with Gasteiger partial charge >= 0.3 is 33.9 Å². The molecule has 0 heterocycles. The third-order valence-electron chi connectivity index (χ3n) is 4.00. The minimum atomic E-state index is -0.585. The molecule has 0 bridgehead atoms. The van der Waals surface area contributed by atoms with Crippen molar-refractivity contribution in [3.05, 3.63) is 74.0 Å². The van der Waals surface area contributed by atoms with Crippen LogP contribution in [0.3, 0.4) is 0 Å². The monoisotopic (exact) mass is 437 g/mol. The first-order valence-corrected chi connectivity index (χ1v) is 7.87. The van der Waals surface area contributed by atoms with Crippen LogP contribution in [0.4, 0.5) is 5.69 Å². The third-order valence-corrected chi connectivity index (χ3v) is 4.00. The van der Waals surface area contributed by atoms with Crippen LogP contribution in [0.25, 0.3) is 0 Å². The zero-order chi connectivity index (χ0) is 22.1. The van der Waals surface area contributed by atoms with E-state index in [9.17, 15) is 5.11 Å². The van der Waals surface area contributed by atoms with Crippen LogP contribution in [-0.2, 0) is 31.3 Å². The molecule has 2 aromatic rings. The maximum Gasteiger partial charge on any atom is 0 e. The molecule has 0 radical (unpaired) electrons. The van der Waals surface area contributed by atoms with Crippen LogP contribution in [0.1, 0.15) is 18.6 Å². The first-order chi connectivity index (χ1) is 13.6. The van der Waals surface area contributed by atoms with Crippen molar-refractivity contribution in [1.29, 1.82) is 0 Å². The van der Waals surface area contributed by atoms with E-state index in [0.29, 0.717) is 0 Å². The van der Waals surface area contributed by atoms with Crippen molar-refractivity contribution in [2.75, 3.05) is 26.2 Å². The second-order valence-corrected chi connectivity index (χ2v) is 5.27. The van der Waals surface area contributed by atoms with Gasteiger partial charge in [-0.2, -0.15) is 0 Å². The molecule has 0 saturated heterocycles. The second kappa shape index (κ2) is 18.9. The van der Waals surface area contributed by atoms with E-state index in [-0.39, 0.29) is 23.4 Å². The van der Waals surface area contributed by atoms with Gasteiger partial charge in [0.15, 0.2) is 0 Å². The summed E-state index contributed by atoms with van der Waals surface area (Å²) in [6, 6.07) is 15.2. The van der Waals surface area contributed by atoms with Crippen molar-refractivity contribution in [2.24, 2.45) is 0 Å². The Labute approximate surface area is 182 Å². The number of anilines is 1. The molecule has 7 nitrogen and oxygen atoms in total. The van der Waals surface area contributed by atoms with Crippen molar-refractivity contribution in [3.63, 3.8) is 0 Å². The molecule has 2 aromatic carbocycles. The topological polar surface area (TPSA) is 102 Å². The van der Waals surface area contributed by atoms with E-state index in [1.807, 2.05) is 67.4 Å². The van der Waals surface area contributed by atoms with Crippen LogP contribution < -0.4 is 14.4 Å². The number of hydrogen-bond donors (Lipinski definition) is 1. The van der Waals surface area contributed by atoms with Crippen LogP contribution in [0.2, 0.25) is 0 Å². The van der Waals surface area contributed by atoms with Gasteiger partial charge in [0.25, 0.3) is 0 Å². The Balaban J connectivity index is -0.000000883. The average Bonchev–Trinajstić information content (AvgIpc) is 2.81. The van der Waals surface area contributed by atoms with Gasteiger partial charge in [0.1, 0.15) is 11.5 Å². The van der Waals surface area contributed by atoms with Gasteiger partial charge in [-0.3, -0.25) is 0 Å². The third kappa shape index (κ3) is 10.1. The van der Waals surface area contributed by atoms with Crippen LogP contribution in [0.15, 0.2) is 48.5 Å². The molecule has 0 fully saturated rings. The summed E-state index contributed by atoms with van der Waals surface area (Å²) in [5.41, 5.74) is 1.90. The van der Waals surface area contributed by atoms with Crippen molar-refractivity contribution < 1.29 is 45.9 Å². The van der Waals surface area contributed by atoms with E-state index < -0.39 is 6.10 Å². The van der Waals surface area contributed by atoms with Crippen molar-refractivity contribution >= 4 is 5.69 Å². The number of rotatable bonds is 6. The van der Waals surface area contributed by atoms with Gasteiger partial charge in [-0.1, -0.05) is 12.1 Å². The number of methoxy groups -OCH3 is 2. The molecule has 0 aliphatic rings. The first kappa shape index (κ1) is 31.3. The predicted octanol–water partition coefficient (Wildman–Crippen LogP) is 3.15. The van der Waals surface area contributed by atoms with Crippen molar-refractivity contribution in [1.82, 2.24) is 0 Å². The van der Waals surface area contributed by atoms with E-state index in [4.69, 9.17) is 23.4 Å². The predicted molar refractivity (Wildman–Crippen MR) is 101 cm³/mol. The molecule has 0 spiro atoms. The molecule has 2 rings (SSSR count). The number of likely N-dealkylation sites (N-methyl/N-ethyl adjacent to an activating group) is 1. The molecule has 0 amide bonds. The van der Waals surface area contributed by atoms with E-state index in [1.54, 1.807) is 14.2 Å². The van der Waals surface area contributed by atoms with Crippen LogP contribution in [0, 0.1) is 20.0 Å². The Kier molecular flexibility index (Phi) is 20.4. The Morgan fingerprint density at radius 1 is 0.793 bits per heavy atom. The number of hydrogen-bond acceptors (Lipinski definition) is 4. The zero-order valence-electron chi connectivity index (χ0n) is 16.6. The Morgan fingerprint density at radius 2 is 1.14 bits per heavy atom. The maximum absolute atomic E-state index is 10.6. The molecule has 0 saturated carbocycles. The van der Waals surface area contributed by atoms with E-state index >= 15 is 0 Å². The van der Waals surface area contributed by atoms with E-state index in [1.165, 1.54) is 0 Å². The molecular formula is C21H23CrNO6. The molecule has 1 N–H and O–H groups in total. The number of ether oxygens (including phenoxy) is 2. The van der Waals surface area contributed by atoms with Gasteiger partial charge in [-0.05, 0) is 48.9 Å². The van der Waals surface area contributed by atoms with Gasteiger partial charge in [-0.25, -0.2) is 0 Å². The van der Waals surface area contributed by atoms with Crippen LogP contribution in [-0.4, -0.2) is 32.4 Å². The van der Waals surface area contributed by atoms with Gasteiger partial charge in [0.05, 0.1) is 26.4 Å². The fraction of sp³-hybridized carbons (Fsp3) is 0.286. The van der Waals surface area contributed by atoms with E-state index in [0.717, 1.165) is 22.7 Å². The maximum atomic E-state index is 10.6. The number of benzene rings is 2. The summed E-state index contributed by atoms with van der Waals surface area (Å²) in [5.74, 6) is 1.60. The summed E-state index contributed by atoms with van der Waals surface area (Å²) in [7, 11) is 5.25. The first-order valence-electron chi connectivity index (χ1n) is 7.87. The minimum absolute atomic E-state index is 0. The van der Waals surface area contributed by atoms with E-state index in [2.05, 4.69) is 20.0 Å². The van der Waals surface area contributed by atoms with Crippen LogP contribution >= 0.6 is 0 Å². The van der Waals surface area contributed by atoms with Gasteiger partial charge in [0.2, 0.25) is 0 Å². The second-order valence-electron chi connectivity index (χ2n) is 5.27. The molecule has 0 aliphatic heterocycles. The molecular weight excluding hydrogens is 414 g/mol. The molecule has 29 heavy (non-hydrogen) atoms. The normalized spacial score (nSPS) is 10.3. The fourth-order valence-corrected chi connectivity index (χ4v) is 2.34. The summed E-state index contributed by atoms with van der Waals surface area (Å²) in [6.45, 7) is 15.5. The standard InChI is InChI=1S/C18H23NO3.3CO.Cr/c1-13(18(20)14-5-9-16(21-3)10-6-14)19(2)15-7-11-17(22-4)12-8-15;3*1-2;/h5-13,18,20H,1-4H3;;;;/t13-,18-;;;;/m0..../s1. The molecule has 0 aliphatic carbocycles. The SMILES string of the molecule is COc1ccc([C@@H](O)[C@H](C)N(C)c2ccc(OC)cc2)cc1.[C-]#[O+].[C-]#[O+].[C-]#[O+].[Cr]. The summed E-state index contributed by atoms with van der Waals surface area (Å²) in [6.07, 6.45) is -0.585. The molecule has 0 aromatic heterocycles. The largest absolute Gasteiger partial charge is 0 e. The number of aliphatic hydroxyl groups is 1. The summed E-state index contributed by atoms with van der Waals surface area (Å²) >= 11 is 0.